The van der Waals surface area contributed by atoms with Crippen molar-refractivity contribution in [1.29, 1.82) is 0 Å². The molecule has 0 amide bonds. The second-order valence-corrected chi connectivity index (χ2v) is 5.16. The van der Waals surface area contributed by atoms with Crippen molar-refractivity contribution in [3.63, 3.8) is 0 Å². The molecule has 1 fully saturated rings. The standard InChI is InChI=1S/C14H16F2N4O/c1-10-13(18-21-17-10)9-19-4-6-20(7-5-19)14-3-2-11(15)8-12(14)16/h2-3,8H,4-7,9H2,1H3. The van der Waals surface area contributed by atoms with Crippen LogP contribution in [0.1, 0.15) is 11.4 Å². The van der Waals surface area contributed by atoms with Gasteiger partial charge in [0.2, 0.25) is 0 Å². The molecule has 5 nitrogen and oxygen atoms in total. The van der Waals surface area contributed by atoms with Crippen LogP contribution in [0.2, 0.25) is 0 Å². The van der Waals surface area contributed by atoms with Crippen molar-refractivity contribution >= 4 is 5.69 Å². The topological polar surface area (TPSA) is 45.4 Å². The van der Waals surface area contributed by atoms with E-state index in [0.29, 0.717) is 25.3 Å². The number of aromatic nitrogens is 2. The lowest BCUT2D eigenvalue weighted by molar-refractivity contribution is 0.237. The highest BCUT2D eigenvalue weighted by molar-refractivity contribution is 5.48. The fourth-order valence-corrected chi connectivity index (χ4v) is 2.49. The number of aryl methyl sites for hydroxylation is 1. The maximum Gasteiger partial charge on any atom is 0.149 e. The lowest BCUT2D eigenvalue weighted by atomic mass is 10.2. The van der Waals surface area contributed by atoms with Gasteiger partial charge in [0.1, 0.15) is 23.0 Å². The van der Waals surface area contributed by atoms with E-state index in [9.17, 15) is 8.78 Å². The molecule has 1 aromatic heterocycles. The van der Waals surface area contributed by atoms with Crippen LogP contribution in [0.4, 0.5) is 14.5 Å². The molecule has 1 aliphatic heterocycles. The molecule has 1 aromatic carbocycles. The molecule has 0 unspecified atom stereocenters. The number of piperazine rings is 1. The van der Waals surface area contributed by atoms with Gasteiger partial charge in [-0.3, -0.25) is 4.90 Å². The van der Waals surface area contributed by atoms with E-state index in [-0.39, 0.29) is 0 Å². The van der Waals surface area contributed by atoms with Gasteiger partial charge in [0.05, 0.1) is 5.69 Å². The minimum absolute atomic E-state index is 0.454. The number of halogens is 2. The van der Waals surface area contributed by atoms with Crippen LogP contribution in [0.15, 0.2) is 22.8 Å². The molecule has 1 saturated heterocycles. The summed E-state index contributed by atoms with van der Waals surface area (Å²) < 4.78 is 31.4. The molecule has 0 saturated carbocycles. The lowest BCUT2D eigenvalue weighted by Gasteiger charge is -2.35. The van der Waals surface area contributed by atoms with Crippen LogP contribution in [-0.2, 0) is 6.54 Å². The number of hydrogen-bond donors (Lipinski definition) is 0. The van der Waals surface area contributed by atoms with Gasteiger partial charge in [-0.25, -0.2) is 13.4 Å². The monoisotopic (exact) mass is 294 g/mol. The maximum absolute atomic E-state index is 13.8. The van der Waals surface area contributed by atoms with Crippen molar-refractivity contribution in [3.8, 4) is 0 Å². The first-order valence-corrected chi connectivity index (χ1v) is 6.84. The molecule has 0 N–H and O–H groups in total. The van der Waals surface area contributed by atoms with Crippen LogP contribution < -0.4 is 4.90 Å². The highest BCUT2D eigenvalue weighted by Crippen LogP contribution is 2.22. The molecule has 2 aromatic rings. The Labute approximate surface area is 121 Å². The van der Waals surface area contributed by atoms with Gasteiger partial charge in [-0.05, 0) is 19.1 Å². The molecule has 2 heterocycles. The van der Waals surface area contributed by atoms with E-state index in [0.717, 1.165) is 30.5 Å². The zero-order valence-electron chi connectivity index (χ0n) is 11.7. The lowest BCUT2D eigenvalue weighted by Crippen LogP contribution is -2.46. The minimum Gasteiger partial charge on any atom is -0.367 e. The summed E-state index contributed by atoms with van der Waals surface area (Å²) in [4.78, 5) is 4.14. The van der Waals surface area contributed by atoms with Gasteiger partial charge in [0.15, 0.2) is 0 Å². The van der Waals surface area contributed by atoms with Crippen molar-refractivity contribution in [3.05, 3.63) is 41.2 Å². The summed E-state index contributed by atoms with van der Waals surface area (Å²) in [6, 6.07) is 3.70. The molecule has 3 rings (SSSR count). The largest absolute Gasteiger partial charge is 0.367 e. The summed E-state index contributed by atoms with van der Waals surface area (Å²) in [5.74, 6) is -1.07. The highest BCUT2D eigenvalue weighted by atomic mass is 19.1. The van der Waals surface area contributed by atoms with Gasteiger partial charge in [-0.15, -0.1) is 0 Å². The van der Waals surface area contributed by atoms with Crippen LogP contribution in [-0.4, -0.2) is 41.4 Å². The molecule has 21 heavy (non-hydrogen) atoms. The van der Waals surface area contributed by atoms with Gasteiger partial charge in [-0.1, -0.05) is 10.3 Å². The van der Waals surface area contributed by atoms with E-state index in [1.54, 1.807) is 0 Å². The number of anilines is 1. The Morgan fingerprint density at radius 2 is 1.90 bits per heavy atom. The molecular formula is C14H16F2N4O. The second kappa shape index (κ2) is 5.77. The van der Waals surface area contributed by atoms with Gasteiger partial charge in [-0.2, -0.15) is 0 Å². The van der Waals surface area contributed by atoms with Crippen LogP contribution >= 0.6 is 0 Å². The van der Waals surface area contributed by atoms with Crippen LogP contribution in [0.3, 0.4) is 0 Å². The van der Waals surface area contributed by atoms with Crippen LogP contribution in [0.5, 0.6) is 0 Å². The first kappa shape index (κ1) is 13.9. The molecular weight excluding hydrogens is 278 g/mol. The number of hydrogen-bond acceptors (Lipinski definition) is 5. The molecule has 7 heteroatoms. The molecule has 1 aliphatic rings. The Morgan fingerprint density at radius 3 is 2.52 bits per heavy atom. The van der Waals surface area contributed by atoms with Crippen molar-refractivity contribution in [2.45, 2.75) is 13.5 Å². The fraction of sp³-hybridized carbons (Fsp3) is 0.429. The average Bonchev–Trinajstić information content (AvgIpc) is 2.86. The first-order chi connectivity index (χ1) is 10.1. The summed E-state index contributed by atoms with van der Waals surface area (Å²) in [5.41, 5.74) is 2.08. The second-order valence-electron chi connectivity index (χ2n) is 5.16. The quantitative estimate of drug-likeness (QED) is 0.866. The predicted octanol–water partition coefficient (Wildman–Crippen LogP) is 1.98. The van der Waals surface area contributed by atoms with E-state index >= 15 is 0 Å². The smallest absolute Gasteiger partial charge is 0.149 e. The first-order valence-electron chi connectivity index (χ1n) is 6.84. The number of benzene rings is 1. The van der Waals surface area contributed by atoms with Crippen molar-refractivity contribution in [2.75, 3.05) is 31.1 Å². The Bertz CT molecular complexity index is 623. The normalized spacial score (nSPS) is 16.4. The summed E-state index contributed by atoms with van der Waals surface area (Å²) in [7, 11) is 0. The Morgan fingerprint density at radius 1 is 1.14 bits per heavy atom. The Hall–Kier alpha value is -2.02. The predicted molar refractivity (Wildman–Crippen MR) is 72.9 cm³/mol. The van der Waals surface area contributed by atoms with E-state index in [4.69, 9.17) is 0 Å². The van der Waals surface area contributed by atoms with Gasteiger partial charge < -0.3 is 4.90 Å². The summed E-state index contributed by atoms with van der Waals surface area (Å²) in [6.45, 7) is 5.47. The van der Waals surface area contributed by atoms with Crippen LogP contribution in [0, 0.1) is 18.6 Å². The van der Waals surface area contributed by atoms with Gasteiger partial charge in [0.25, 0.3) is 0 Å². The number of nitrogens with zero attached hydrogens (tertiary/aromatic N) is 4. The van der Waals surface area contributed by atoms with Gasteiger partial charge >= 0.3 is 0 Å². The Kier molecular flexibility index (Phi) is 3.83. The SMILES string of the molecule is Cc1nonc1CN1CCN(c2ccc(F)cc2F)CC1. The zero-order valence-corrected chi connectivity index (χ0v) is 11.7. The van der Waals surface area contributed by atoms with E-state index in [2.05, 4.69) is 19.8 Å². The third-order valence-electron chi connectivity index (χ3n) is 3.74. The molecule has 0 bridgehead atoms. The van der Waals surface area contributed by atoms with Crippen molar-refractivity contribution in [2.24, 2.45) is 0 Å². The van der Waals surface area contributed by atoms with E-state index < -0.39 is 11.6 Å². The molecule has 0 spiro atoms. The third-order valence-corrected chi connectivity index (χ3v) is 3.74. The number of rotatable bonds is 3. The van der Waals surface area contributed by atoms with Crippen LogP contribution in [0.25, 0.3) is 0 Å². The maximum atomic E-state index is 13.8. The summed E-state index contributed by atoms with van der Waals surface area (Å²) in [5, 5.41) is 7.62. The van der Waals surface area contributed by atoms with Crippen molar-refractivity contribution < 1.29 is 13.4 Å². The zero-order chi connectivity index (χ0) is 14.8. The molecule has 112 valence electrons. The molecule has 0 radical (unpaired) electrons. The molecule has 0 atom stereocenters. The average molecular weight is 294 g/mol. The summed E-state index contributed by atoms with van der Waals surface area (Å²) in [6.07, 6.45) is 0. The van der Waals surface area contributed by atoms with Crippen molar-refractivity contribution in [1.82, 2.24) is 15.2 Å². The Balaban J connectivity index is 1.61. The van der Waals surface area contributed by atoms with Gasteiger partial charge in [0, 0.05) is 38.8 Å². The molecule has 0 aliphatic carbocycles. The van der Waals surface area contributed by atoms with E-state index in [1.807, 2.05) is 11.8 Å². The highest BCUT2D eigenvalue weighted by Gasteiger charge is 2.21. The van der Waals surface area contributed by atoms with E-state index in [1.165, 1.54) is 12.1 Å². The fourth-order valence-electron chi connectivity index (χ4n) is 2.49. The summed E-state index contributed by atoms with van der Waals surface area (Å²) >= 11 is 0. The third kappa shape index (κ3) is 3.02. The minimum atomic E-state index is -0.552.